The normalized spacial score (nSPS) is 15.0. The van der Waals surface area contributed by atoms with Gasteiger partial charge in [0.2, 0.25) is 0 Å². The second kappa shape index (κ2) is 15.2. The Morgan fingerprint density at radius 1 is 0.893 bits per heavy atom. The second-order valence-corrected chi connectivity index (χ2v) is 7.87. The molecule has 0 unspecified atom stereocenters. The molecule has 0 aromatic rings. The van der Waals surface area contributed by atoms with Gasteiger partial charge in [-0.05, 0) is 19.3 Å². The van der Waals surface area contributed by atoms with E-state index in [4.69, 9.17) is 15.9 Å². The van der Waals surface area contributed by atoms with Gasteiger partial charge < -0.3 is 14.8 Å². The number of alkyl carbamates (subject to hydrolysis) is 1. The van der Waals surface area contributed by atoms with Crippen LogP contribution in [0.15, 0.2) is 0 Å². The molecule has 0 aromatic heterocycles. The largest absolute Gasteiger partial charge is 0.464 e. The number of hydrogen-bond acceptors (Lipinski definition) is 4. The molecule has 1 N–H and O–H groups in total. The van der Waals surface area contributed by atoms with E-state index in [1.54, 1.807) is 0 Å². The lowest BCUT2D eigenvalue weighted by atomic mass is 9.98. The second-order valence-electron chi connectivity index (χ2n) is 7.87. The predicted molar refractivity (Wildman–Crippen MR) is 112 cm³/mol. The summed E-state index contributed by atoms with van der Waals surface area (Å²) in [6.07, 6.45) is 21.2. The van der Waals surface area contributed by atoms with Crippen LogP contribution in [0.3, 0.4) is 0 Å². The topological polar surface area (TPSA) is 64.6 Å². The molecule has 0 heterocycles. The number of carbonyl (C=O) groups excluding carboxylic acids is 2. The molecule has 5 heteroatoms. The smallest absolute Gasteiger partial charge is 0.409 e. The fourth-order valence-corrected chi connectivity index (χ4v) is 3.77. The minimum absolute atomic E-state index is 0.101. The number of ether oxygens (including phenoxy) is 2. The maximum Gasteiger partial charge on any atom is 0.409 e. The van der Waals surface area contributed by atoms with Gasteiger partial charge in [-0.25, -0.2) is 9.59 Å². The van der Waals surface area contributed by atoms with Crippen LogP contribution >= 0.6 is 0 Å². The number of esters is 1. The zero-order valence-corrected chi connectivity index (χ0v) is 17.7. The zero-order chi connectivity index (χ0) is 20.5. The van der Waals surface area contributed by atoms with Crippen LogP contribution in [-0.2, 0) is 14.3 Å². The zero-order valence-electron chi connectivity index (χ0n) is 17.7. The highest BCUT2D eigenvalue weighted by Gasteiger charge is 2.44. The quantitative estimate of drug-likeness (QED) is 0.226. The van der Waals surface area contributed by atoms with E-state index in [1.807, 2.05) is 0 Å². The van der Waals surface area contributed by atoms with Crippen LogP contribution in [0.5, 0.6) is 0 Å². The fraction of sp³-hybridized carbons (Fsp3) is 0.826. The van der Waals surface area contributed by atoms with Crippen LogP contribution in [-0.4, -0.2) is 30.8 Å². The van der Waals surface area contributed by atoms with E-state index in [0.29, 0.717) is 19.4 Å². The SMILES string of the molecule is C#CCOC(=O)NC1(C(=O)OCCCCCCCCCCCCC)CCCC1. The number of nitrogens with one attached hydrogen (secondary N) is 1. The minimum atomic E-state index is -0.941. The van der Waals surface area contributed by atoms with E-state index in [9.17, 15) is 9.59 Å². The maximum atomic E-state index is 12.5. The van der Waals surface area contributed by atoms with Gasteiger partial charge in [0.1, 0.15) is 5.54 Å². The Bertz CT molecular complexity index is 477. The molecule has 1 fully saturated rings. The van der Waals surface area contributed by atoms with Crippen molar-refractivity contribution in [2.75, 3.05) is 13.2 Å². The summed E-state index contributed by atoms with van der Waals surface area (Å²) < 4.78 is 10.3. The molecule has 0 aromatic carbocycles. The van der Waals surface area contributed by atoms with Gasteiger partial charge >= 0.3 is 12.1 Å². The highest BCUT2D eigenvalue weighted by Crippen LogP contribution is 2.31. The van der Waals surface area contributed by atoms with Crippen molar-refractivity contribution in [3.05, 3.63) is 0 Å². The Hall–Kier alpha value is -1.70. The summed E-state index contributed by atoms with van der Waals surface area (Å²) in [4.78, 5) is 24.3. The first-order valence-electron chi connectivity index (χ1n) is 11.2. The molecule has 1 rings (SSSR count). The molecule has 1 saturated carbocycles. The summed E-state index contributed by atoms with van der Waals surface area (Å²) in [6, 6.07) is 0. The first-order valence-corrected chi connectivity index (χ1v) is 11.2. The van der Waals surface area contributed by atoms with Crippen LogP contribution in [0.1, 0.15) is 103 Å². The minimum Gasteiger partial charge on any atom is -0.464 e. The van der Waals surface area contributed by atoms with Crippen molar-refractivity contribution in [3.63, 3.8) is 0 Å². The average Bonchev–Trinajstić information content (AvgIpc) is 3.16. The van der Waals surface area contributed by atoms with Crippen molar-refractivity contribution in [3.8, 4) is 12.3 Å². The van der Waals surface area contributed by atoms with E-state index in [1.165, 1.54) is 57.8 Å². The summed E-state index contributed by atoms with van der Waals surface area (Å²) in [5.74, 6) is 1.91. The van der Waals surface area contributed by atoms with Crippen molar-refractivity contribution in [2.24, 2.45) is 0 Å². The lowest BCUT2D eigenvalue weighted by Gasteiger charge is -2.27. The molecular formula is C23H39NO4. The molecule has 1 amide bonds. The monoisotopic (exact) mass is 393 g/mol. The highest BCUT2D eigenvalue weighted by molar-refractivity contribution is 5.86. The molecule has 0 atom stereocenters. The third-order valence-corrected chi connectivity index (χ3v) is 5.46. The van der Waals surface area contributed by atoms with Crippen LogP contribution in [0, 0.1) is 12.3 Å². The van der Waals surface area contributed by atoms with Gasteiger partial charge in [0.05, 0.1) is 6.61 Å². The predicted octanol–water partition coefficient (Wildman–Crippen LogP) is 5.51. The third kappa shape index (κ3) is 10.0. The van der Waals surface area contributed by atoms with Crippen molar-refractivity contribution >= 4 is 12.1 Å². The maximum absolute atomic E-state index is 12.5. The summed E-state index contributed by atoms with van der Waals surface area (Å²) in [5, 5.41) is 2.69. The van der Waals surface area contributed by atoms with Crippen LogP contribution in [0.25, 0.3) is 0 Å². The molecule has 1 aliphatic rings. The van der Waals surface area contributed by atoms with Crippen LogP contribution in [0.2, 0.25) is 0 Å². The Balaban J connectivity index is 2.10. The van der Waals surface area contributed by atoms with E-state index in [2.05, 4.69) is 18.2 Å². The third-order valence-electron chi connectivity index (χ3n) is 5.46. The molecule has 1 aliphatic carbocycles. The molecule has 0 saturated heterocycles. The van der Waals surface area contributed by atoms with Crippen molar-refractivity contribution in [1.82, 2.24) is 5.32 Å². The Morgan fingerprint density at radius 3 is 1.96 bits per heavy atom. The van der Waals surface area contributed by atoms with Crippen molar-refractivity contribution < 1.29 is 19.1 Å². The van der Waals surface area contributed by atoms with Gasteiger partial charge in [0.25, 0.3) is 0 Å². The average molecular weight is 394 g/mol. The molecule has 0 spiro atoms. The lowest BCUT2D eigenvalue weighted by molar-refractivity contribution is -0.151. The molecule has 5 nitrogen and oxygen atoms in total. The number of carbonyl (C=O) groups is 2. The standard InChI is InChI=1S/C23H39NO4/c1-3-5-6-7-8-9-10-11-12-13-16-20-27-21(25)23(17-14-15-18-23)24-22(26)28-19-4-2/h2H,3,5-20H2,1H3,(H,24,26). The number of unbranched alkanes of at least 4 members (excludes halogenated alkanes) is 10. The van der Waals surface area contributed by atoms with Crippen molar-refractivity contribution in [1.29, 1.82) is 0 Å². The Morgan fingerprint density at radius 2 is 1.43 bits per heavy atom. The number of hydrogen-bond donors (Lipinski definition) is 1. The van der Waals surface area contributed by atoms with Gasteiger partial charge in [0, 0.05) is 0 Å². The highest BCUT2D eigenvalue weighted by atomic mass is 16.6. The van der Waals surface area contributed by atoms with E-state index >= 15 is 0 Å². The Labute approximate surface area is 171 Å². The number of rotatable bonds is 15. The fourth-order valence-electron chi connectivity index (χ4n) is 3.77. The summed E-state index contributed by atoms with van der Waals surface area (Å²) in [6.45, 7) is 2.56. The molecule has 0 bridgehead atoms. The Kier molecular flexibility index (Phi) is 13.3. The van der Waals surface area contributed by atoms with Gasteiger partial charge in [0.15, 0.2) is 6.61 Å². The molecule has 0 radical (unpaired) electrons. The van der Waals surface area contributed by atoms with E-state index < -0.39 is 11.6 Å². The van der Waals surface area contributed by atoms with Gasteiger partial charge in [-0.2, -0.15) is 0 Å². The molecule has 0 aliphatic heterocycles. The van der Waals surface area contributed by atoms with Gasteiger partial charge in [-0.15, -0.1) is 6.42 Å². The number of terminal acetylenes is 1. The first-order chi connectivity index (χ1) is 13.6. The molecule has 160 valence electrons. The molecular weight excluding hydrogens is 354 g/mol. The molecule has 28 heavy (non-hydrogen) atoms. The van der Waals surface area contributed by atoms with Gasteiger partial charge in [-0.1, -0.05) is 89.9 Å². The lowest BCUT2D eigenvalue weighted by Crippen LogP contribution is -2.53. The van der Waals surface area contributed by atoms with Crippen LogP contribution < -0.4 is 5.32 Å². The first kappa shape index (κ1) is 24.3. The van der Waals surface area contributed by atoms with Gasteiger partial charge in [-0.3, -0.25) is 0 Å². The van der Waals surface area contributed by atoms with Crippen molar-refractivity contribution in [2.45, 2.75) is 109 Å². The summed E-state index contributed by atoms with van der Waals surface area (Å²) in [5.41, 5.74) is -0.941. The van der Waals surface area contributed by atoms with E-state index in [0.717, 1.165) is 25.7 Å². The number of amides is 1. The summed E-state index contributed by atoms with van der Waals surface area (Å²) in [7, 11) is 0. The van der Waals surface area contributed by atoms with Crippen LogP contribution in [0.4, 0.5) is 4.79 Å². The van der Waals surface area contributed by atoms with E-state index in [-0.39, 0.29) is 12.6 Å². The summed E-state index contributed by atoms with van der Waals surface area (Å²) >= 11 is 0.